The Kier molecular flexibility index (Phi) is 6.75. The van der Waals surface area contributed by atoms with Gasteiger partial charge in [0, 0.05) is 12.1 Å². The Balaban J connectivity index is 1.80. The van der Waals surface area contributed by atoms with Gasteiger partial charge >= 0.3 is 0 Å². The summed E-state index contributed by atoms with van der Waals surface area (Å²) in [6.07, 6.45) is 2.45. The Bertz CT molecular complexity index is 1020. The van der Waals surface area contributed by atoms with Crippen LogP contribution in [0.2, 0.25) is 10.0 Å². The normalized spacial score (nSPS) is 14.8. The fourth-order valence-electron chi connectivity index (χ4n) is 2.87. The summed E-state index contributed by atoms with van der Waals surface area (Å²) in [5.41, 5.74) is 2.27. The van der Waals surface area contributed by atoms with Crippen LogP contribution in [0.5, 0.6) is 5.75 Å². The largest absolute Gasteiger partial charge is 0.486 e. The molecule has 1 N–H and O–H groups in total. The molecule has 3 rings (SSSR count). The zero-order chi connectivity index (χ0) is 21.0. The van der Waals surface area contributed by atoms with Crippen molar-refractivity contribution in [2.75, 3.05) is 6.54 Å². The predicted octanol–water partition coefficient (Wildman–Crippen LogP) is 4.91. The second-order valence-electron chi connectivity index (χ2n) is 6.32. The Morgan fingerprint density at radius 2 is 1.97 bits per heavy atom. The topological polar surface area (TPSA) is 65.4 Å². The van der Waals surface area contributed by atoms with Crippen molar-refractivity contribution < 1.29 is 9.53 Å². The van der Waals surface area contributed by atoms with Crippen LogP contribution < -0.4 is 10.1 Å². The van der Waals surface area contributed by atoms with Crippen LogP contribution >= 0.6 is 35.4 Å². The zero-order valence-corrected chi connectivity index (χ0v) is 17.9. The molecule has 5 nitrogen and oxygen atoms in total. The lowest BCUT2D eigenvalue weighted by molar-refractivity contribution is -0.122. The molecule has 148 valence electrons. The minimum atomic E-state index is -0.183. The van der Waals surface area contributed by atoms with Gasteiger partial charge in [0.05, 0.1) is 21.7 Å². The van der Waals surface area contributed by atoms with E-state index >= 15 is 0 Å². The number of thiocarbonyl (C=S) groups is 1. The van der Waals surface area contributed by atoms with Crippen LogP contribution in [0.15, 0.2) is 42.1 Å². The number of halogens is 2. The summed E-state index contributed by atoms with van der Waals surface area (Å²) < 4.78 is 5.76. The standard InChI is InChI=1S/C21H17Cl2N3O2S/c1-2-7-26-20(27)18(25-21(26)29)10-13-8-16(22)19(17(23)9-13)28-12-15-6-4-3-5-14(15)11-24/h3-6,8-10H,2,7,12H2,1H3,(H,25,29)/b18-10-. The fraction of sp³-hybridized carbons (Fsp3) is 0.190. The first-order valence-corrected chi connectivity index (χ1v) is 10.1. The summed E-state index contributed by atoms with van der Waals surface area (Å²) in [5, 5.41) is 13.1. The number of ether oxygens (including phenoxy) is 1. The number of rotatable bonds is 6. The van der Waals surface area contributed by atoms with E-state index in [0.29, 0.717) is 44.3 Å². The van der Waals surface area contributed by atoms with Crippen LogP contribution in [-0.4, -0.2) is 22.5 Å². The van der Waals surface area contributed by atoms with E-state index in [2.05, 4.69) is 11.4 Å². The number of carbonyl (C=O) groups excluding carboxylic acids is 1. The minimum absolute atomic E-state index is 0.157. The van der Waals surface area contributed by atoms with Crippen molar-refractivity contribution in [3.05, 3.63) is 68.8 Å². The zero-order valence-electron chi connectivity index (χ0n) is 15.5. The van der Waals surface area contributed by atoms with E-state index in [-0.39, 0.29) is 12.5 Å². The van der Waals surface area contributed by atoms with Crippen LogP contribution in [-0.2, 0) is 11.4 Å². The van der Waals surface area contributed by atoms with Crippen molar-refractivity contribution >= 4 is 52.5 Å². The molecule has 2 aromatic carbocycles. The second kappa shape index (κ2) is 9.27. The molecule has 1 heterocycles. The smallest absolute Gasteiger partial charge is 0.276 e. The summed E-state index contributed by atoms with van der Waals surface area (Å²) in [5.74, 6) is 0.134. The summed E-state index contributed by atoms with van der Waals surface area (Å²) in [4.78, 5) is 14.0. The molecule has 0 bridgehead atoms. The third-order valence-electron chi connectivity index (χ3n) is 4.25. The van der Waals surface area contributed by atoms with Gasteiger partial charge in [-0.05, 0) is 48.5 Å². The van der Waals surface area contributed by atoms with E-state index < -0.39 is 0 Å². The molecule has 0 aliphatic carbocycles. The molecule has 8 heteroatoms. The molecule has 0 unspecified atom stereocenters. The van der Waals surface area contributed by atoms with E-state index in [9.17, 15) is 10.1 Å². The van der Waals surface area contributed by atoms with Gasteiger partial charge < -0.3 is 10.1 Å². The van der Waals surface area contributed by atoms with Crippen LogP contribution in [0.4, 0.5) is 0 Å². The molecular formula is C21H17Cl2N3O2S. The molecule has 0 saturated carbocycles. The van der Waals surface area contributed by atoms with Crippen LogP contribution in [0.3, 0.4) is 0 Å². The van der Waals surface area contributed by atoms with Crippen molar-refractivity contribution in [2.45, 2.75) is 20.0 Å². The number of amides is 1. The van der Waals surface area contributed by atoms with E-state index in [1.54, 1.807) is 30.3 Å². The molecule has 0 atom stereocenters. The van der Waals surface area contributed by atoms with Crippen molar-refractivity contribution in [1.29, 1.82) is 5.26 Å². The molecule has 1 saturated heterocycles. The molecule has 2 aromatic rings. The summed E-state index contributed by atoms with van der Waals surface area (Å²) >= 11 is 17.9. The van der Waals surface area contributed by atoms with E-state index in [1.807, 2.05) is 19.1 Å². The molecule has 0 aromatic heterocycles. The number of carbonyl (C=O) groups is 1. The maximum absolute atomic E-state index is 12.5. The number of nitrogens with one attached hydrogen (secondary N) is 1. The maximum atomic E-state index is 12.5. The fourth-order valence-corrected chi connectivity index (χ4v) is 3.77. The van der Waals surface area contributed by atoms with E-state index in [0.717, 1.165) is 12.0 Å². The summed E-state index contributed by atoms with van der Waals surface area (Å²) in [6, 6.07) is 12.6. The lowest BCUT2D eigenvalue weighted by Crippen LogP contribution is -2.31. The molecule has 1 aliphatic rings. The minimum Gasteiger partial charge on any atom is -0.486 e. The number of nitriles is 1. The summed E-state index contributed by atoms with van der Waals surface area (Å²) in [6.45, 7) is 2.69. The summed E-state index contributed by atoms with van der Waals surface area (Å²) in [7, 11) is 0. The number of benzene rings is 2. The quantitative estimate of drug-likeness (QED) is 0.505. The van der Waals surface area contributed by atoms with E-state index in [1.165, 1.54) is 4.90 Å². The first-order chi connectivity index (χ1) is 13.9. The van der Waals surface area contributed by atoms with Crippen molar-refractivity contribution in [2.24, 2.45) is 0 Å². The van der Waals surface area contributed by atoms with Gasteiger partial charge in [0.15, 0.2) is 10.9 Å². The van der Waals surface area contributed by atoms with Crippen LogP contribution in [0.1, 0.15) is 30.0 Å². The number of hydrogen-bond donors (Lipinski definition) is 1. The van der Waals surface area contributed by atoms with Crippen LogP contribution in [0.25, 0.3) is 6.08 Å². The van der Waals surface area contributed by atoms with Gasteiger partial charge in [0.1, 0.15) is 12.3 Å². The SMILES string of the molecule is CCCN1C(=O)/C(=C/c2cc(Cl)c(OCc3ccccc3C#N)c(Cl)c2)NC1=S. The second-order valence-corrected chi connectivity index (χ2v) is 7.52. The molecular weight excluding hydrogens is 429 g/mol. The molecule has 1 amide bonds. The van der Waals surface area contributed by atoms with Gasteiger partial charge in [-0.25, -0.2) is 0 Å². The number of hydrogen-bond acceptors (Lipinski definition) is 4. The van der Waals surface area contributed by atoms with Gasteiger partial charge in [-0.1, -0.05) is 48.3 Å². The first-order valence-electron chi connectivity index (χ1n) is 8.89. The monoisotopic (exact) mass is 445 g/mol. The number of nitrogens with zero attached hydrogens (tertiary/aromatic N) is 2. The Hall–Kier alpha value is -2.59. The maximum Gasteiger partial charge on any atom is 0.276 e. The van der Waals surface area contributed by atoms with Gasteiger partial charge in [-0.15, -0.1) is 0 Å². The lowest BCUT2D eigenvalue weighted by atomic mass is 10.1. The highest BCUT2D eigenvalue weighted by molar-refractivity contribution is 7.80. The van der Waals surface area contributed by atoms with E-state index in [4.69, 9.17) is 40.2 Å². The third kappa shape index (κ3) is 4.70. The van der Waals surface area contributed by atoms with Gasteiger partial charge in [0.2, 0.25) is 0 Å². The lowest BCUT2D eigenvalue weighted by Gasteiger charge is -2.12. The average molecular weight is 446 g/mol. The van der Waals surface area contributed by atoms with Gasteiger partial charge in [-0.3, -0.25) is 9.69 Å². The molecule has 1 aliphatic heterocycles. The average Bonchev–Trinajstić information content (AvgIpc) is 2.95. The van der Waals surface area contributed by atoms with Gasteiger partial charge in [0.25, 0.3) is 5.91 Å². The Labute approximate surface area is 184 Å². The Morgan fingerprint density at radius 3 is 2.62 bits per heavy atom. The van der Waals surface area contributed by atoms with Crippen molar-refractivity contribution in [3.63, 3.8) is 0 Å². The van der Waals surface area contributed by atoms with Crippen molar-refractivity contribution in [1.82, 2.24) is 10.2 Å². The van der Waals surface area contributed by atoms with Gasteiger partial charge in [-0.2, -0.15) is 5.26 Å². The Morgan fingerprint density at radius 1 is 1.28 bits per heavy atom. The highest BCUT2D eigenvalue weighted by atomic mass is 35.5. The van der Waals surface area contributed by atoms with Crippen LogP contribution in [0, 0.1) is 11.3 Å². The highest BCUT2D eigenvalue weighted by Crippen LogP contribution is 2.35. The molecule has 0 spiro atoms. The molecule has 29 heavy (non-hydrogen) atoms. The molecule has 0 radical (unpaired) electrons. The first kappa shape index (κ1) is 21.1. The van der Waals surface area contributed by atoms with Crippen molar-refractivity contribution in [3.8, 4) is 11.8 Å². The highest BCUT2D eigenvalue weighted by Gasteiger charge is 2.29. The third-order valence-corrected chi connectivity index (χ3v) is 5.13. The predicted molar refractivity (Wildman–Crippen MR) is 118 cm³/mol. The molecule has 1 fully saturated rings.